The zero-order valence-corrected chi connectivity index (χ0v) is 13.2. The average Bonchev–Trinajstić information content (AvgIpc) is 2.88. The van der Waals surface area contributed by atoms with Gasteiger partial charge in [-0.2, -0.15) is 0 Å². The van der Waals surface area contributed by atoms with Gasteiger partial charge in [0.15, 0.2) is 5.13 Å². The molecule has 0 saturated carbocycles. The molecule has 1 aromatic heterocycles. The topological polar surface area (TPSA) is 54.5 Å². The highest BCUT2D eigenvalue weighted by molar-refractivity contribution is 7.13. The van der Waals surface area contributed by atoms with Gasteiger partial charge in [-0.15, -0.1) is 11.3 Å². The van der Waals surface area contributed by atoms with E-state index in [1.807, 2.05) is 6.92 Å². The molecule has 1 fully saturated rings. The van der Waals surface area contributed by atoms with Crippen LogP contribution in [0.3, 0.4) is 0 Å². The summed E-state index contributed by atoms with van der Waals surface area (Å²) in [6, 6.07) is 0.395. The fraction of sp³-hybridized carbons (Fsp3) is 0.714. The molecule has 0 bridgehead atoms. The van der Waals surface area contributed by atoms with E-state index in [1.165, 1.54) is 0 Å². The third kappa shape index (κ3) is 3.85. The smallest absolute Gasteiger partial charge is 0.409 e. The van der Waals surface area contributed by atoms with Gasteiger partial charge in [0.05, 0.1) is 12.3 Å². The highest BCUT2D eigenvalue weighted by Crippen LogP contribution is 2.24. The van der Waals surface area contributed by atoms with Crippen LogP contribution in [0.4, 0.5) is 9.93 Å². The number of rotatable bonds is 4. The van der Waals surface area contributed by atoms with Crippen molar-refractivity contribution in [3.63, 3.8) is 0 Å². The van der Waals surface area contributed by atoms with Crippen LogP contribution in [0.15, 0.2) is 5.38 Å². The number of piperidine rings is 1. The van der Waals surface area contributed by atoms with E-state index in [0.29, 0.717) is 18.6 Å². The Morgan fingerprint density at radius 3 is 2.80 bits per heavy atom. The van der Waals surface area contributed by atoms with Crippen molar-refractivity contribution in [1.29, 1.82) is 0 Å². The molecule has 1 amide bonds. The fourth-order valence-electron chi connectivity index (χ4n) is 2.21. The van der Waals surface area contributed by atoms with E-state index in [1.54, 1.807) is 16.2 Å². The summed E-state index contributed by atoms with van der Waals surface area (Å²) in [6.07, 6.45) is 1.69. The zero-order valence-electron chi connectivity index (χ0n) is 12.4. The van der Waals surface area contributed by atoms with Gasteiger partial charge in [-0.25, -0.2) is 9.78 Å². The second-order valence-corrected chi connectivity index (χ2v) is 6.19. The molecule has 20 heavy (non-hydrogen) atoms. The van der Waals surface area contributed by atoms with Crippen molar-refractivity contribution in [3.05, 3.63) is 11.1 Å². The summed E-state index contributed by atoms with van der Waals surface area (Å²) >= 11 is 1.66. The summed E-state index contributed by atoms with van der Waals surface area (Å²) in [5.41, 5.74) is 1.14. The van der Waals surface area contributed by atoms with Gasteiger partial charge in [0.25, 0.3) is 0 Å². The Morgan fingerprint density at radius 2 is 2.25 bits per heavy atom. The molecule has 0 spiro atoms. The van der Waals surface area contributed by atoms with Gasteiger partial charge in [0, 0.05) is 24.5 Å². The molecule has 2 rings (SSSR count). The summed E-state index contributed by atoms with van der Waals surface area (Å²) < 4.78 is 5.02. The summed E-state index contributed by atoms with van der Waals surface area (Å²) in [5.74, 6) is 0.465. The van der Waals surface area contributed by atoms with Crippen molar-refractivity contribution in [1.82, 2.24) is 9.88 Å². The molecule has 1 aliphatic rings. The number of nitrogens with one attached hydrogen (secondary N) is 1. The first kappa shape index (κ1) is 15.1. The summed E-state index contributed by atoms with van der Waals surface area (Å²) in [4.78, 5) is 18.0. The minimum absolute atomic E-state index is 0.192. The Balaban J connectivity index is 1.80. The Labute approximate surface area is 124 Å². The van der Waals surface area contributed by atoms with Crippen molar-refractivity contribution < 1.29 is 9.53 Å². The highest BCUT2D eigenvalue weighted by atomic mass is 32.1. The molecule has 1 aromatic rings. The summed E-state index contributed by atoms with van der Waals surface area (Å²) in [7, 11) is 0. The molecular weight excluding hydrogens is 274 g/mol. The molecule has 0 atom stereocenters. The molecule has 1 N–H and O–H groups in total. The lowest BCUT2D eigenvalue weighted by atomic mass is 10.1. The molecule has 5 nitrogen and oxygen atoms in total. The lowest BCUT2D eigenvalue weighted by Gasteiger charge is -2.31. The van der Waals surface area contributed by atoms with E-state index in [9.17, 15) is 4.79 Å². The molecule has 2 heterocycles. The van der Waals surface area contributed by atoms with E-state index in [0.717, 1.165) is 36.8 Å². The van der Waals surface area contributed by atoms with Crippen LogP contribution in [-0.2, 0) is 4.74 Å². The number of likely N-dealkylation sites (tertiary alicyclic amines) is 1. The average molecular weight is 297 g/mol. The second-order valence-electron chi connectivity index (χ2n) is 5.34. The van der Waals surface area contributed by atoms with Gasteiger partial charge < -0.3 is 15.0 Å². The summed E-state index contributed by atoms with van der Waals surface area (Å²) in [6.45, 7) is 8.07. The van der Waals surface area contributed by atoms with Crippen LogP contribution >= 0.6 is 11.3 Å². The molecule has 0 radical (unpaired) electrons. The Bertz CT molecular complexity index is 439. The fourth-order valence-corrected chi connectivity index (χ4v) is 3.16. The van der Waals surface area contributed by atoms with E-state index in [4.69, 9.17) is 4.74 Å². The normalized spacial score (nSPS) is 16.5. The second kappa shape index (κ2) is 6.92. The first-order chi connectivity index (χ1) is 9.60. The first-order valence-electron chi connectivity index (χ1n) is 7.23. The zero-order chi connectivity index (χ0) is 14.5. The van der Waals surface area contributed by atoms with Crippen molar-refractivity contribution in [2.24, 2.45) is 0 Å². The van der Waals surface area contributed by atoms with Crippen LogP contribution in [0, 0.1) is 0 Å². The molecule has 0 aromatic carbocycles. The SMILES string of the molecule is CCOC(=O)N1CCC(Nc2nc(C(C)C)cs2)CC1. The summed E-state index contributed by atoms with van der Waals surface area (Å²) in [5, 5.41) is 6.58. The largest absolute Gasteiger partial charge is 0.450 e. The van der Waals surface area contributed by atoms with E-state index in [-0.39, 0.29) is 6.09 Å². The number of hydrogen-bond donors (Lipinski definition) is 1. The monoisotopic (exact) mass is 297 g/mol. The lowest BCUT2D eigenvalue weighted by Crippen LogP contribution is -2.42. The van der Waals surface area contributed by atoms with Crippen molar-refractivity contribution in [2.75, 3.05) is 25.0 Å². The van der Waals surface area contributed by atoms with Crippen molar-refractivity contribution in [2.45, 2.75) is 45.6 Å². The standard InChI is InChI=1S/C14H23N3O2S/c1-4-19-14(18)17-7-5-11(6-8-17)15-13-16-12(9-20-13)10(2)3/h9-11H,4-8H2,1-3H3,(H,15,16). The Hall–Kier alpha value is -1.30. The number of carbonyl (C=O) groups is 1. The van der Waals surface area contributed by atoms with Crippen molar-refractivity contribution in [3.8, 4) is 0 Å². The number of ether oxygens (including phenoxy) is 1. The predicted octanol–water partition coefficient (Wildman–Crippen LogP) is 3.30. The minimum atomic E-state index is -0.192. The maximum absolute atomic E-state index is 11.6. The van der Waals surface area contributed by atoms with Crippen LogP contribution in [0.2, 0.25) is 0 Å². The minimum Gasteiger partial charge on any atom is -0.450 e. The molecule has 112 valence electrons. The third-order valence-electron chi connectivity index (χ3n) is 3.46. The van der Waals surface area contributed by atoms with E-state index < -0.39 is 0 Å². The van der Waals surface area contributed by atoms with Gasteiger partial charge in [0.1, 0.15) is 0 Å². The Morgan fingerprint density at radius 1 is 1.55 bits per heavy atom. The first-order valence-corrected chi connectivity index (χ1v) is 8.11. The molecular formula is C14H23N3O2S. The quantitative estimate of drug-likeness (QED) is 0.926. The number of amides is 1. The van der Waals surface area contributed by atoms with Gasteiger partial charge in [-0.3, -0.25) is 0 Å². The van der Waals surface area contributed by atoms with Gasteiger partial charge >= 0.3 is 6.09 Å². The van der Waals surface area contributed by atoms with Crippen LogP contribution in [0.5, 0.6) is 0 Å². The predicted molar refractivity (Wildman–Crippen MR) is 81.4 cm³/mol. The molecule has 1 aliphatic heterocycles. The van der Waals surface area contributed by atoms with E-state index >= 15 is 0 Å². The van der Waals surface area contributed by atoms with Crippen LogP contribution in [0.25, 0.3) is 0 Å². The molecule has 0 aliphatic carbocycles. The van der Waals surface area contributed by atoms with Crippen LogP contribution in [-0.4, -0.2) is 41.7 Å². The maximum Gasteiger partial charge on any atom is 0.409 e. The molecule has 1 saturated heterocycles. The van der Waals surface area contributed by atoms with Crippen molar-refractivity contribution >= 4 is 22.6 Å². The Kier molecular flexibility index (Phi) is 5.23. The van der Waals surface area contributed by atoms with Gasteiger partial charge in [0.2, 0.25) is 0 Å². The number of anilines is 1. The maximum atomic E-state index is 11.6. The van der Waals surface area contributed by atoms with Gasteiger partial charge in [-0.05, 0) is 25.7 Å². The number of hydrogen-bond acceptors (Lipinski definition) is 5. The highest BCUT2D eigenvalue weighted by Gasteiger charge is 2.24. The van der Waals surface area contributed by atoms with Gasteiger partial charge in [-0.1, -0.05) is 13.8 Å². The molecule has 6 heteroatoms. The lowest BCUT2D eigenvalue weighted by molar-refractivity contribution is 0.0983. The number of aromatic nitrogens is 1. The number of thiazole rings is 1. The number of nitrogens with zero attached hydrogens (tertiary/aromatic N) is 2. The third-order valence-corrected chi connectivity index (χ3v) is 4.25. The van der Waals surface area contributed by atoms with Crippen LogP contribution < -0.4 is 5.32 Å². The number of carbonyl (C=O) groups excluding carboxylic acids is 1. The molecule has 0 unspecified atom stereocenters. The van der Waals surface area contributed by atoms with Crippen LogP contribution in [0.1, 0.15) is 45.2 Å². The van der Waals surface area contributed by atoms with E-state index in [2.05, 4.69) is 29.5 Å².